The number of halogens is 1. The van der Waals surface area contributed by atoms with Gasteiger partial charge in [0.2, 0.25) is 0 Å². The van der Waals surface area contributed by atoms with E-state index in [4.69, 9.17) is 16.3 Å². The standard InChI is InChI=1S/C19H15ClO2/c20-15-7-5-12(6-8-15)14-10-17(21)16-9-13-3-1-2-4-18(13)22-19(16)11-14/h1-8,14H,9-11H2. The second-order valence-electron chi connectivity index (χ2n) is 5.87. The minimum atomic E-state index is 0.175. The fourth-order valence-corrected chi connectivity index (χ4v) is 3.39. The molecule has 2 aromatic carbocycles. The number of benzene rings is 2. The molecule has 2 aliphatic rings. The van der Waals surface area contributed by atoms with E-state index in [2.05, 4.69) is 0 Å². The Bertz CT molecular complexity index is 774. The van der Waals surface area contributed by atoms with Crippen LogP contribution in [0.3, 0.4) is 0 Å². The molecule has 110 valence electrons. The van der Waals surface area contributed by atoms with Gasteiger partial charge in [0, 0.05) is 29.9 Å². The smallest absolute Gasteiger partial charge is 0.163 e. The first-order valence-electron chi connectivity index (χ1n) is 7.47. The van der Waals surface area contributed by atoms with E-state index in [-0.39, 0.29) is 11.7 Å². The maximum Gasteiger partial charge on any atom is 0.163 e. The molecule has 1 aliphatic heterocycles. The first-order valence-corrected chi connectivity index (χ1v) is 7.85. The Labute approximate surface area is 134 Å². The van der Waals surface area contributed by atoms with E-state index in [1.807, 2.05) is 48.5 Å². The molecule has 0 fully saturated rings. The zero-order valence-corrected chi connectivity index (χ0v) is 12.8. The lowest BCUT2D eigenvalue weighted by Crippen LogP contribution is -2.25. The molecular formula is C19H15ClO2. The van der Waals surface area contributed by atoms with E-state index in [1.54, 1.807) is 0 Å². The minimum absolute atomic E-state index is 0.175. The summed E-state index contributed by atoms with van der Waals surface area (Å²) in [4.78, 5) is 12.5. The van der Waals surface area contributed by atoms with Crippen LogP contribution >= 0.6 is 11.6 Å². The van der Waals surface area contributed by atoms with Gasteiger partial charge in [-0.2, -0.15) is 0 Å². The number of allylic oxidation sites excluding steroid dienone is 2. The molecule has 0 bridgehead atoms. The first kappa shape index (κ1) is 13.6. The minimum Gasteiger partial charge on any atom is -0.461 e. The highest BCUT2D eigenvalue weighted by Gasteiger charge is 2.33. The molecule has 0 radical (unpaired) electrons. The fraction of sp³-hybridized carbons (Fsp3) is 0.211. The third kappa shape index (κ3) is 2.34. The molecule has 22 heavy (non-hydrogen) atoms. The Balaban J connectivity index is 1.65. The van der Waals surface area contributed by atoms with Crippen LogP contribution in [-0.2, 0) is 11.2 Å². The number of rotatable bonds is 1. The van der Waals surface area contributed by atoms with E-state index >= 15 is 0 Å². The number of Topliss-reactive ketones (excluding diaryl/α,β-unsaturated/α-hetero) is 1. The second kappa shape index (κ2) is 5.29. The molecule has 1 unspecified atom stereocenters. The predicted molar refractivity (Wildman–Crippen MR) is 86.2 cm³/mol. The zero-order valence-electron chi connectivity index (χ0n) is 12.0. The lowest BCUT2D eigenvalue weighted by Gasteiger charge is -2.30. The van der Waals surface area contributed by atoms with E-state index < -0.39 is 0 Å². The van der Waals surface area contributed by atoms with Crippen LogP contribution in [0.5, 0.6) is 5.75 Å². The Kier molecular flexibility index (Phi) is 3.27. The van der Waals surface area contributed by atoms with E-state index in [1.165, 1.54) is 0 Å². The van der Waals surface area contributed by atoms with Crippen LogP contribution in [0.25, 0.3) is 0 Å². The van der Waals surface area contributed by atoms with Crippen LogP contribution in [0.4, 0.5) is 0 Å². The van der Waals surface area contributed by atoms with Crippen molar-refractivity contribution in [1.82, 2.24) is 0 Å². The molecule has 2 aromatic rings. The van der Waals surface area contributed by atoms with Gasteiger partial charge in [-0.05, 0) is 35.2 Å². The van der Waals surface area contributed by atoms with Crippen molar-refractivity contribution in [2.45, 2.75) is 25.2 Å². The summed E-state index contributed by atoms with van der Waals surface area (Å²) in [6, 6.07) is 15.7. The largest absolute Gasteiger partial charge is 0.461 e. The molecule has 1 atom stereocenters. The van der Waals surface area contributed by atoms with Crippen molar-refractivity contribution in [2.75, 3.05) is 0 Å². The maximum atomic E-state index is 12.5. The molecule has 2 nitrogen and oxygen atoms in total. The third-order valence-electron chi connectivity index (χ3n) is 4.45. The number of carbonyl (C=O) groups excluding carboxylic acids is 1. The summed E-state index contributed by atoms with van der Waals surface area (Å²) < 4.78 is 6.01. The van der Waals surface area contributed by atoms with E-state index in [0.29, 0.717) is 17.9 Å². The number of hydrogen-bond donors (Lipinski definition) is 0. The first-order chi connectivity index (χ1) is 10.7. The zero-order chi connectivity index (χ0) is 15.1. The van der Waals surface area contributed by atoms with Gasteiger partial charge >= 0.3 is 0 Å². The fourth-order valence-electron chi connectivity index (χ4n) is 3.27. The lowest BCUT2D eigenvalue weighted by molar-refractivity contribution is -0.116. The molecule has 0 saturated carbocycles. The molecule has 0 aromatic heterocycles. The molecule has 0 spiro atoms. The summed E-state index contributed by atoms with van der Waals surface area (Å²) in [6.07, 6.45) is 2.01. The van der Waals surface area contributed by atoms with Crippen molar-refractivity contribution in [3.63, 3.8) is 0 Å². The molecule has 0 N–H and O–H groups in total. The van der Waals surface area contributed by atoms with Gasteiger partial charge < -0.3 is 4.74 Å². The average molecular weight is 311 g/mol. The Morgan fingerprint density at radius 2 is 1.77 bits per heavy atom. The maximum absolute atomic E-state index is 12.5. The number of ketones is 1. The van der Waals surface area contributed by atoms with Gasteiger partial charge in [0.05, 0.1) is 0 Å². The van der Waals surface area contributed by atoms with Crippen molar-refractivity contribution in [2.24, 2.45) is 0 Å². The van der Waals surface area contributed by atoms with Crippen molar-refractivity contribution in [3.05, 3.63) is 76.0 Å². The number of hydrogen-bond acceptors (Lipinski definition) is 2. The normalized spacial score (nSPS) is 20.2. The van der Waals surface area contributed by atoms with Gasteiger partial charge in [-0.25, -0.2) is 0 Å². The summed E-state index contributed by atoms with van der Waals surface area (Å²) in [5, 5.41) is 0.716. The number of carbonyl (C=O) groups is 1. The van der Waals surface area contributed by atoms with Gasteiger partial charge in [-0.3, -0.25) is 4.79 Å². The molecule has 3 heteroatoms. The summed E-state index contributed by atoms with van der Waals surface area (Å²) in [5.41, 5.74) is 3.09. The highest BCUT2D eigenvalue weighted by atomic mass is 35.5. The summed E-state index contributed by atoms with van der Waals surface area (Å²) in [6.45, 7) is 0. The van der Waals surface area contributed by atoms with Gasteiger partial charge in [-0.1, -0.05) is 41.9 Å². The van der Waals surface area contributed by atoms with Crippen LogP contribution < -0.4 is 4.74 Å². The predicted octanol–water partition coefficient (Wildman–Crippen LogP) is 4.68. The monoisotopic (exact) mass is 310 g/mol. The van der Waals surface area contributed by atoms with Crippen molar-refractivity contribution < 1.29 is 9.53 Å². The molecule has 4 rings (SSSR count). The second-order valence-corrected chi connectivity index (χ2v) is 6.30. The highest BCUT2D eigenvalue weighted by molar-refractivity contribution is 6.30. The van der Waals surface area contributed by atoms with Gasteiger partial charge in [0.1, 0.15) is 11.5 Å². The van der Waals surface area contributed by atoms with E-state index in [9.17, 15) is 4.79 Å². The van der Waals surface area contributed by atoms with Crippen molar-refractivity contribution >= 4 is 17.4 Å². The third-order valence-corrected chi connectivity index (χ3v) is 4.70. The van der Waals surface area contributed by atoms with Crippen molar-refractivity contribution in [1.29, 1.82) is 0 Å². The average Bonchev–Trinajstić information content (AvgIpc) is 2.54. The molecule has 1 aliphatic carbocycles. The topological polar surface area (TPSA) is 26.3 Å². The van der Waals surface area contributed by atoms with Crippen LogP contribution in [0.15, 0.2) is 59.9 Å². The highest BCUT2D eigenvalue weighted by Crippen LogP contribution is 2.40. The summed E-state index contributed by atoms with van der Waals surface area (Å²) >= 11 is 5.95. The van der Waals surface area contributed by atoms with Crippen LogP contribution in [-0.4, -0.2) is 5.78 Å². The number of fused-ring (bicyclic) bond motifs is 1. The van der Waals surface area contributed by atoms with Crippen LogP contribution in [0.2, 0.25) is 5.02 Å². The van der Waals surface area contributed by atoms with Gasteiger partial charge in [-0.15, -0.1) is 0 Å². The molecule has 0 saturated heterocycles. The van der Waals surface area contributed by atoms with Crippen LogP contribution in [0, 0.1) is 0 Å². The van der Waals surface area contributed by atoms with E-state index in [0.717, 1.165) is 34.6 Å². The summed E-state index contributed by atoms with van der Waals surface area (Å²) in [5.74, 6) is 2.10. The Hall–Kier alpha value is -2.06. The number of ether oxygens (including phenoxy) is 1. The Morgan fingerprint density at radius 3 is 2.59 bits per heavy atom. The quantitative estimate of drug-likeness (QED) is 0.764. The van der Waals surface area contributed by atoms with Crippen LogP contribution in [0.1, 0.15) is 29.9 Å². The molecule has 1 heterocycles. The SMILES string of the molecule is O=C1CC(c2ccc(Cl)cc2)CC2=C1Cc1ccccc1O2. The lowest BCUT2D eigenvalue weighted by atomic mass is 9.80. The van der Waals surface area contributed by atoms with Gasteiger partial charge in [0.15, 0.2) is 5.78 Å². The van der Waals surface area contributed by atoms with Gasteiger partial charge in [0.25, 0.3) is 0 Å². The Morgan fingerprint density at radius 1 is 1.00 bits per heavy atom. The molecular weight excluding hydrogens is 296 g/mol. The molecule has 0 amide bonds. The van der Waals surface area contributed by atoms with Crippen molar-refractivity contribution in [3.8, 4) is 5.75 Å². The summed E-state index contributed by atoms with van der Waals surface area (Å²) in [7, 11) is 0. The number of para-hydroxylation sites is 1.